The first-order chi connectivity index (χ1) is 8.51. The Kier molecular flexibility index (Phi) is 4.27. The van der Waals surface area contributed by atoms with Gasteiger partial charge in [-0.3, -0.25) is 10.1 Å². The minimum absolute atomic E-state index is 0.0557. The molecule has 0 aliphatic heterocycles. The number of hydrogen-bond donors (Lipinski definition) is 2. The highest BCUT2D eigenvalue weighted by atomic mass is 16.6. The third kappa shape index (κ3) is 2.77. The van der Waals surface area contributed by atoms with Crippen LogP contribution in [0.25, 0.3) is 0 Å². The Hall–Kier alpha value is -2.55. The minimum atomic E-state index is -1.24. The molecule has 0 aromatic heterocycles. The molecule has 6 nitrogen and oxygen atoms in total. The van der Waals surface area contributed by atoms with Crippen molar-refractivity contribution < 1.29 is 14.8 Å². The molecule has 1 aromatic rings. The number of nitrogens with one attached hydrogen (secondary N) is 1. The topological polar surface area (TPSA) is 92.5 Å². The smallest absolute Gasteiger partial charge is 0.338 e. The van der Waals surface area contributed by atoms with Gasteiger partial charge >= 0.3 is 5.97 Å². The van der Waals surface area contributed by atoms with Crippen molar-refractivity contribution >= 4 is 17.3 Å². The van der Waals surface area contributed by atoms with Gasteiger partial charge in [-0.05, 0) is 12.5 Å². The molecule has 0 amide bonds. The van der Waals surface area contributed by atoms with E-state index in [2.05, 4.69) is 11.2 Å². The maximum atomic E-state index is 11.0. The van der Waals surface area contributed by atoms with E-state index in [9.17, 15) is 14.9 Å². The summed E-state index contributed by atoms with van der Waals surface area (Å²) in [6.45, 7) is 1.80. The van der Waals surface area contributed by atoms with Gasteiger partial charge in [0.2, 0.25) is 0 Å². The number of carboxylic acid groups (broad SMARTS) is 1. The van der Waals surface area contributed by atoms with Crippen LogP contribution in [0.2, 0.25) is 0 Å². The first-order valence-electron chi connectivity index (χ1n) is 5.24. The molecular weight excluding hydrogens is 236 g/mol. The summed E-state index contributed by atoms with van der Waals surface area (Å²) in [5.41, 5.74) is -0.527. The van der Waals surface area contributed by atoms with Gasteiger partial charge in [0.25, 0.3) is 5.69 Å². The Balaban J connectivity index is 3.32. The van der Waals surface area contributed by atoms with Crippen LogP contribution in [0, 0.1) is 22.5 Å². The molecule has 94 valence electrons. The summed E-state index contributed by atoms with van der Waals surface area (Å²) in [5, 5.41) is 22.6. The van der Waals surface area contributed by atoms with Crippen molar-refractivity contribution in [2.24, 2.45) is 0 Å². The number of terminal acetylenes is 1. The van der Waals surface area contributed by atoms with Crippen LogP contribution in [-0.4, -0.2) is 22.0 Å². The second-order valence-corrected chi connectivity index (χ2v) is 3.53. The number of nitro benzene ring substituents is 1. The van der Waals surface area contributed by atoms with Crippen molar-refractivity contribution in [1.29, 1.82) is 0 Å². The molecule has 0 aliphatic rings. The number of aromatic carboxylic acids is 1. The Labute approximate surface area is 104 Å². The fraction of sp³-hybridized carbons (Fsp3) is 0.250. The number of hydrogen-bond acceptors (Lipinski definition) is 4. The number of para-hydroxylation sites is 1. The molecule has 1 atom stereocenters. The molecule has 2 N–H and O–H groups in total. The number of nitrogens with zero attached hydrogens (tertiary/aromatic N) is 1. The standard InChI is InChI=1S/C12H12N2O4/c1-3-8(4-2)13-11-9(12(15)16)6-5-7-10(11)14(17)18/h1,5-8,13H,4H2,2H3,(H,15,16). The third-order valence-corrected chi connectivity index (χ3v) is 2.40. The average molecular weight is 248 g/mol. The van der Waals surface area contributed by atoms with Gasteiger partial charge in [-0.1, -0.05) is 18.9 Å². The van der Waals surface area contributed by atoms with E-state index in [0.717, 1.165) is 0 Å². The van der Waals surface area contributed by atoms with Gasteiger partial charge in [0.15, 0.2) is 0 Å². The fourth-order valence-corrected chi connectivity index (χ4v) is 1.46. The van der Waals surface area contributed by atoms with Gasteiger partial charge < -0.3 is 10.4 Å². The van der Waals surface area contributed by atoms with E-state index in [1.54, 1.807) is 6.92 Å². The Morgan fingerprint density at radius 3 is 2.78 bits per heavy atom. The Morgan fingerprint density at radius 2 is 2.33 bits per heavy atom. The molecule has 0 bridgehead atoms. The van der Waals surface area contributed by atoms with Crippen LogP contribution in [-0.2, 0) is 0 Å². The molecule has 0 heterocycles. The normalized spacial score (nSPS) is 11.3. The predicted octanol–water partition coefficient (Wildman–Crippen LogP) is 2.12. The van der Waals surface area contributed by atoms with Crippen LogP contribution in [0.15, 0.2) is 18.2 Å². The lowest BCUT2D eigenvalue weighted by molar-refractivity contribution is -0.384. The zero-order valence-electron chi connectivity index (χ0n) is 9.71. The lowest BCUT2D eigenvalue weighted by atomic mass is 10.1. The van der Waals surface area contributed by atoms with Gasteiger partial charge in [0.1, 0.15) is 5.69 Å². The van der Waals surface area contributed by atoms with Crippen molar-refractivity contribution in [3.05, 3.63) is 33.9 Å². The maximum Gasteiger partial charge on any atom is 0.338 e. The molecular formula is C12H12N2O4. The SMILES string of the molecule is C#CC(CC)Nc1c(C(=O)O)cccc1[N+](=O)[O-]. The van der Waals surface area contributed by atoms with Crippen LogP contribution in [0.1, 0.15) is 23.7 Å². The number of anilines is 1. The summed E-state index contributed by atoms with van der Waals surface area (Å²) in [5.74, 6) is 1.16. The molecule has 6 heteroatoms. The van der Waals surface area contributed by atoms with E-state index in [4.69, 9.17) is 11.5 Å². The highest BCUT2D eigenvalue weighted by Gasteiger charge is 2.22. The van der Waals surface area contributed by atoms with Crippen molar-refractivity contribution in [1.82, 2.24) is 0 Å². The average Bonchev–Trinajstić information content (AvgIpc) is 2.35. The minimum Gasteiger partial charge on any atom is -0.478 e. The number of rotatable bonds is 5. The van der Waals surface area contributed by atoms with Gasteiger partial charge in [-0.25, -0.2) is 4.79 Å². The summed E-state index contributed by atoms with van der Waals surface area (Å²) in [4.78, 5) is 21.3. The molecule has 1 aromatic carbocycles. The van der Waals surface area contributed by atoms with E-state index in [0.29, 0.717) is 6.42 Å². The third-order valence-electron chi connectivity index (χ3n) is 2.40. The van der Waals surface area contributed by atoms with E-state index in [-0.39, 0.29) is 16.9 Å². The number of nitro groups is 1. The second kappa shape index (κ2) is 5.68. The summed E-state index contributed by atoms with van der Waals surface area (Å²) in [6, 6.07) is 3.40. The predicted molar refractivity (Wildman–Crippen MR) is 66.6 cm³/mol. The molecule has 1 rings (SSSR count). The van der Waals surface area contributed by atoms with Crippen LogP contribution >= 0.6 is 0 Å². The summed E-state index contributed by atoms with van der Waals surface area (Å²) >= 11 is 0. The van der Waals surface area contributed by atoms with E-state index in [1.807, 2.05) is 0 Å². The quantitative estimate of drug-likeness (QED) is 0.473. The van der Waals surface area contributed by atoms with Crippen molar-refractivity contribution in [2.75, 3.05) is 5.32 Å². The van der Waals surface area contributed by atoms with Gasteiger partial charge in [0, 0.05) is 6.07 Å². The van der Waals surface area contributed by atoms with Gasteiger partial charge in [-0.15, -0.1) is 6.42 Å². The number of carboxylic acids is 1. The van der Waals surface area contributed by atoms with Crippen LogP contribution < -0.4 is 5.32 Å². The molecule has 0 saturated carbocycles. The Morgan fingerprint density at radius 1 is 1.67 bits per heavy atom. The second-order valence-electron chi connectivity index (χ2n) is 3.53. The lowest BCUT2D eigenvalue weighted by Crippen LogP contribution is -2.19. The Bertz CT molecular complexity index is 487. The number of benzene rings is 1. The first kappa shape index (κ1) is 13.5. The number of carbonyl (C=O) groups is 1. The van der Waals surface area contributed by atoms with Crippen LogP contribution in [0.5, 0.6) is 0 Å². The molecule has 18 heavy (non-hydrogen) atoms. The van der Waals surface area contributed by atoms with E-state index in [1.165, 1.54) is 18.2 Å². The first-order valence-corrected chi connectivity index (χ1v) is 5.24. The molecule has 0 aliphatic carbocycles. The van der Waals surface area contributed by atoms with Crippen molar-refractivity contribution in [3.63, 3.8) is 0 Å². The maximum absolute atomic E-state index is 11.0. The molecule has 0 fully saturated rings. The van der Waals surface area contributed by atoms with Gasteiger partial charge in [-0.2, -0.15) is 0 Å². The fourth-order valence-electron chi connectivity index (χ4n) is 1.46. The summed E-state index contributed by atoms with van der Waals surface area (Å²) in [7, 11) is 0. The highest BCUT2D eigenvalue weighted by molar-refractivity contribution is 5.97. The molecule has 0 radical (unpaired) electrons. The molecule has 1 unspecified atom stereocenters. The van der Waals surface area contributed by atoms with Crippen LogP contribution in [0.4, 0.5) is 11.4 Å². The van der Waals surface area contributed by atoms with E-state index >= 15 is 0 Å². The van der Waals surface area contributed by atoms with Crippen molar-refractivity contribution in [2.45, 2.75) is 19.4 Å². The summed E-state index contributed by atoms with van der Waals surface area (Å²) in [6.07, 6.45) is 5.78. The zero-order chi connectivity index (χ0) is 13.7. The summed E-state index contributed by atoms with van der Waals surface area (Å²) < 4.78 is 0. The monoisotopic (exact) mass is 248 g/mol. The van der Waals surface area contributed by atoms with Gasteiger partial charge in [0.05, 0.1) is 16.5 Å². The molecule has 0 saturated heterocycles. The molecule has 0 spiro atoms. The largest absolute Gasteiger partial charge is 0.478 e. The van der Waals surface area contributed by atoms with Crippen molar-refractivity contribution in [3.8, 4) is 12.3 Å². The lowest BCUT2D eigenvalue weighted by Gasteiger charge is -2.14. The van der Waals surface area contributed by atoms with Crippen LogP contribution in [0.3, 0.4) is 0 Å². The highest BCUT2D eigenvalue weighted by Crippen LogP contribution is 2.29. The zero-order valence-corrected chi connectivity index (χ0v) is 9.71. The van der Waals surface area contributed by atoms with E-state index < -0.39 is 16.9 Å².